The Balaban J connectivity index is 1.64. The zero-order valence-corrected chi connectivity index (χ0v) is 15.1. The van der Waals surface area contributed by atoms with Crippen LogP contribution in [0.15, 0.2) is 6.07 Å². The molecule has 0 spiro atoms. The van der Waals surface area contributed by atoms with Crippen LogP contribution in [-0.2, 0) is 32.3 Å². The Kier molecular flexibility index (Phi) is 4.77. The standard InChI is InChI=1S/C16H18N4O5S/c1-19(2)16(25)14(23)17-6-9-5-8-7-20(15(24)12(8)26-9)10-3-4-11(21)18-13(10)22/h5,10H,3-4,6-7H2,1-2H3,(H,17,23)(H,18,21,22). The molecule has 1 saturated heterocycles. The summed E-state index contributed by atoms with van der Waals surface area (Å²) < 4.78 is 0. The minimum absolute atomic E-state index is 0.155. The molecule has 1 aromatic rings. The van der Waals surface area contributed by atoms with Gasteiger partial charge < -0.3 is 15.1 Å². The number of imide groups is 1. The number of thiophene rings is 1. The maximum Gasteiger partial charge on any atom is 0.311 e. The molecule has 2 aliphatic rings. The van der Waals surface area contributed by atoms with Gasteiger partial charge in [-0.3, -0.25) is 29.3 Å². The molecule has 2 aliphatic heterocycles. The average molecular weight is 378 g/mol. The summed E-state index contributed by atoms with van der Waals surface area (Å²) in [7, 11) is 2.98. The molecule has 138 valence electrons. The van der Waals surface area contributed by atoms with Crippen molar-refractivity contribution in [2.75, 3.05) is 14.1 Å². The predicted molar refractivity (Wildman–Crippen MR) is 90.9 cm³/mol. The first-order valence-corrected chi connectivity index (χ1v) is 8.85. The maximum absolute atomic E-state index is 12.6. The predicted octanol–water partition coefficient (Wildman–Crippen LogP) is -0.786. The normalized spacial score (nSPS) is 19.2. The number of amides is 5. The maximum atomic E-state index is 12.6. The Morgan fingerprint density at radius 1 is 1.35 bits per heavy atom. The molecule has 1 atom stereocenters. The van der Waals surface area contributed by atoms with Gasteiger partial charge in [-0.2, -0.15) is 0 Å². The molecular formula is C16H18N4O5S. The minimum atomic E-state index is -0.708. The van der Waals surface area contributed by atoms with E-state index in [1.165, 1.54) is 35.2 Å². The van der Waals surface area contributed by atoms with Crippen molar-refractivity contribution in [3.8, 4) is 0 Å². The SMILES string of the molecule is CN(C)C(=O)C(=O)NCc1cc2c(s1)C(=O)N(C1CCC(=O)NC1=O)C2. The monoisotopic (exact) mass is 378 g/mol. The van der Waals surface area contributed by atoms with Gasteiger partial charge in [0.05, 0.1) is 11.4 Å². The molecule has 26 heavy (non-hydrogen) atoms. The van der Waals surface area contributed by atoms with Gasteiger partial charge in [0.1, 0.15) is 6.04 Å². The fourth-order valence-electron chi connectivity index (χ4n) is 2.93. The first-order chi connectivity index (χ1) is 12.3. The van der Waals surface area contributed by atoms with Crippen LogP contribution in [0.1, 0.15) is 33.0 Å². The van der Waals surface area contributed by atoms with Gasteiger partial charge in [-0.25, -0.2) is 0 Å². The van der Waals surface area contributed by atoms with Gasteiger partial charge in [0, 0.05) is 31.9 Å². The first-order valence-electron chi connectivity index (χ1n) is 8.03. The summed E-state index contributed by atoms with van der Waals surface area (Å²) in [5.74, 6) is -2.37. The number of carbonyl (C=O) groups excluding carboxylic acids is 5. The molecule has 3 heterocycles. The average Bonchev–Trinajstić information content (AvgIpc) is 3.11. The van der Waals surface area contributed by atoms with Crippen LogP contribution >= 0.6 is 11.3 Å². The lowest BCUT2D eigenvalue weighted by Gasteiger charge is -2.29. The highest BCUT2D eigenvalue weighted by molar-refractivity contribution is 7.14. The van der Waals surface area contributed by atoms with E-state index in [2.05, 4.69) is 10.6 Å². The van der Waals surface area contributed by atoms with Crippen LogP contribution in [-0.4, -0.2) is 59.5 Å². The second-order valence-electron chi connectivity index (χ2n) is 6.35. The van der Waals surface area contributed by atoms with Crippen molar-refractivity contribution in [2.24, 2.45) is 0 Å². The van der Waals surface area contributed by atoms with Gasteiger partial charge in [0.15, 0.2) is 0 Å². The zero-order chi connectivity index (χ0) is 19.0. The molecule has 0 radical (unpaired) electrons. The van der Waals surface area contributed by atoms with E-state index in [1.807, 2.05) is 0 Å². The lowest BCUT2D eigenvalue weighted by atomic mass is 10.0. The number of piperidine rings is 1. The molecule has 5 amide bonds. The van der Waals surface area contributed by atoms with Gasteiger partial charge in [-0.1, -0.05) is 0 Å². The number of fused-ring (bicyclic) bond motifs is 1. The van der Waals surface area contributed by atoms with Crippen molar-refractivity contribution in [1.29, 1.82) is 0 Å². The van der Waals surface area contributed by atoms with Crippen molar-refractivity contribution in [1.82, 2.24) is 20.4 Å². The summed E-state index contributed by atoms with van der Waals surface area (Å²) >= 11 is 1.23. The number of nitrogens with zero attached hydrogens (tertiary/aromatic N) is 2. The van der Waals surface area contributed by atoms with E-state index in [0.29, 0.717) is 17.8 Å². The molecule has 9 nitrogen and oxygen atoms in total. The highest BCUT2D eigenvalue weighted by Gasteiger charge is 2.40. The highest BCUT2D eigenvalue weighted by Crippen LogP contribution is 2.33. The minimum Gasteiger partial charge on any atom is -0.343 e. The van der Waals surface area contributed by atoms with Crippen LogP contribution < -0.4 is 10.6 Å². The van der Waals surface area contributed by atoms with Crippen LogP contribution in [0, 0.1) is 0 Å². The Morgan fingerprint density at radius 3 is 2.69 bits per heavy atom. The quantitative estimate of drug-likeness (QED) is 0.528. The van der Waals surface area contributed by atoms with Crippen LogP contribution in [0.25, 0.3) is 0 Å². The van der Waals surface area contributed by atoms with Crippen LogP contribution in [0.3, 0.4) is 0 Å². The Labute approximate surface area is 153 Å². The van der Waals surface area contributed by atoms with Gasteiger partial charge in [0.2, 0.25) is 11.8 Å². The van der Waals surface area contributed by atoms with E-state index in [-0.39, 0.29) is 24.8 Å². The number of hydrogen-bond acceptors (Lipinski definition) is 6. The number of nitrogens with one attached hydrogen (secondary N) is 2. The summed E-state index contributed by atoms with van der Waals surface area (Å²) in [4.78, 5) is 62.9. The van der Waals surface area contributed by atoms with E-state index in [4.69, 9.17) is 0 Å². The summed E-state index contributed by atoms with van der Waals surface area (Å²) in [6.07, 6.45) is 0.534. The first kappa shape index (κ1) is 18.1. The topological polar surface area (TPSA) is 116 Å². The van der Waals surface area contributed by atoms with Crippen molar-refractivity contribution >= 4 is 40.9 Å². The molecule has 1 aromatic heterocycles. The third-order valence-electron chi connectivity index (χ3n) is 4.27. The summed E-state index contributed by atoms with van der Waals surface area (Å²) in [5.41, 5.74) is 0.785. The van der Waals surface area contributed by atoms with E-state index in [9.17, 15) is 24.0 Å². The fraction of sp³-hybridized carbons (Fsp3) is 0.438. The number of rotatable bonds is 3. The molecular weight excluding hydrogens is 360 g/mol. The number of carbonyl (C=O) groups is 5. The molecule has 1 unspecified atom stereocenters. The van der Waals surface area contributed by atoms with Crippen molar-refractivity contribution < 1.29 is 24.0 Å². The molecule has 0 aliphatic carbocycles. The van der Waals surface area contributed by atoms with Gasteiger partial charge in [-0.05, 0) is 18.1 Å². The lowest BCUT2D eigenvalue weighted by Crippen LogP contribution is -2.52. The largest absolute Gasteiger partial charge is 0.343 e. The molecule has 10 heteroatoms. The van der Waals surface area contributed by atoms with Crippen LogP contribution in [0.5, 0.6) is 0 Å². The Bertz CT molecular complexity index is 816. The van der Waals surface area contributed by atoms with Crippen molar-refractivity contribution in [3.05, 3.63) is 21.4 Å². The molecule has 1 fully saturated rings. The van der Waals surface area contributed by atoms with Gasteiger partial charge in [0.25, 0.3) is 5.91 Å². The molecule has 2 N–H and O–H groups in total. The summed E-state index contributed by atoms with van der Waals surface area (Å²) in [6.45, 7) is 0.448. The van der Waals surface area contributed by atoms with Gasteiger partial charge >= 0.3 is 11.8 Å². The van der Waals surface area contributed by atoms with E-state index in [1.54, 1.807) is 6.07 Å². The zero-order valence-electron chi connectivity index (χ0n) is 14.3. The lowest BCUT2D eigenvalue weighted by molar-refractivity contribution is -0.144. The smallest absolute Gasteiger partial charge is 0.311 e. The van der Waals surface area contributed by atoms with Crippen molar-refractivity contribution in [2.45, 2.75) is 32.0 Å². The Morgan fingerprint density at radius 2 is 2.08 bits per heavy atom. The summed E-state index contributed by atoms with van der Waals surface area (Å²) in [5, 5.41) is 4.78. The van der Waals surface area contributed by atoms with Crippen LogP contribution in [0.4, 0.5) is 0 Å². The van der Waals surface area contributed by atoms with Crippen LogP contribution in [0.2, 0.25) is 0 Å². The van der Waals surface area contributed by atoms with Crippen molar-refractivity contribution in [3.63, 3.8) is 0 Å². The third kappa shape index (κ3) is 3.32. The molecule has 0 aromatic carbocycles. The van der Waals surface area contributed by atoms with E-state index < -0.39 is 23.8 Å². The second-order valence-corrected chi connectivity index (χ2v) is 7.49. The second kappa shape index (κ2) is 6.87. The number of hydrogen-bond donors (Lipinski definition) is 2. The van der Waals surface area contributed by atoms with E-state index in [0.717, 1.165) is 10.4 Å². The third-order valence-corrected chi connectivity index (χ3v) is 5.43. The van der Waals surface area contributed by atoms with E-state index >= 15 is 0 Å². The highest BCUT2D eigenvalue weighted by atomic mass is 32.1. The Hall–Kier alpha value is -2.75. The summed E-state index contributed by atoms with van der Waals surface area (Å²) in [6, 6.07) is 1.16. The number of likely N-dealkylation sites (N-methyl/N-ethyl adjacent to an activating group) is 1. The molecule has 3 rings (SSSR count). The molecule has 0 saturated carbocycles. The molecule has 0 bridgehead atoms. The van der Waals surface area contributed by atoms with Gasteiger partial charge in [-0.15, -0.1) is 11.3 Å². The fourth-order valence-corrected chi connectivity index (χ4v) is 4.00.